The van der Waals surface area contributed by atoms with E-state index in [4.69, 9.17) is 4.42 Å². The Balaban J connectivity index is 1.54. The monoisotopic (exact) mass is 475 g/mol. The maximum Gasteiger partial charge on any atom is 0.253 e. The summed E-state index contributed by atoms with van der Waals surface area (Å²) in [4.78, 5) is 25.3. The van der Waals surface area contributed by atoms with Gasteiger partial charge in [-0.25, -0.2) is 0 Å². The Bertz CT molecular complexity index is 1300. The number of para-hydroxylation sites is 2. The summed E-state index contributed by atoms with van der Waals surface area (Å²) in [6, 6.07) is 18.5. The summed E-state index contributed by atoms with van der Waals surface area (Å²) in [6.45, 7) is 5.64. The Labute approximate surface area is 201 Å². The van der Waals surface area contributed by atoms with Gasteiger partial charge in [-0.05, 0) is 51.1 Å². The summed E-state index contributed by atoms with van der Waals surface area (Å²) in [5.74, 6) is 0.974. The van der Waals surface area contributed by atoms with Gasteiger partial charge in [0.1, 0.15) is 5.76 Å². The van der Waals surface area contributed by atoms with E-state index >= 15 is 0 Å². The van der Waals surface area contributed by atoms with Crippen molar-refractivity contribution in [1.82, 2.24) is 20.1 Å². The number of carbonyl (C=O) groups is 2. The molecule has 174 valence electrons. The highest BCUT2D eigenvalue weighted by molar-refractivity contribution is 7.99. The van der Waals surface area contributed by atoms with E-state index in [9.17, 15) is 9.59 Å². The minimum Gasteiger partial charge on any atom is -0.469 e. The molecular formula is C25H25N5O3S. The predicted octanol–water partition coefficient (Wildman–Crippen LogP) is 4.70. The number of thioether (sulfide) groups is 1. The summed E-state index contributed by atoms with van der Waals surface area (Å²) in [5, 5.41) is 15.0. The van der Waals surface area contributed by atoms with Crippen LogP contribution in [0.3, 0.4) is 0 Å². The third-order valence-corrected chi connectivity index (χ3v) is 5.87. The standard InChI is InChI=1S/C25H25N5O3S/c1-16(2)26-24(32)20-11-7-8-12-21(20)27-22(31)15-34-25-29-28-23(19-13-14-33-17(19)3)30(25)18-9-5-4-6-10-18/h4-14,16H,15H2,1-3H3,(H,26,32)(H,27,31). The molecule has 2 heterocycles. The lowest BCUT2D eigenvalue weighted by molar-refractivity contribution is -0.113. The Morgan fingerprint density at radius 1 is 1.03 bits per heavy atom. The van der Waals surface area contributed by atoms with Crippen molar-refractivity contribution < 1.29 is 14.0 Å². The number of nitrogens with zero attached hydrogens (tertiary/aromatic N) is 3. The molecule has 0 saturated heterocycles. The smallest absolute Gasteiger partial charge is 0.253 e. The maximum absolute atomic E-state index is 12.8. The third-order valence-electron chi connectivity index (χ3n) is 4.95. The van der Waals surface area contributed by atoms with Crippen LogP contribution in [0.25, 0.3) is 17.1 Å². The van der Waals surface area contributed by atoms with E-state index in [-0.39, 0.29) is 23.6 Å². The number of benzene rings is 2. The van der Waals surface area contributed by atoms with Crippen molar-refractivity contribution >= 4 is 29.3 Å². The number of nitrogens with one attached hydrogen (secondary N) is 2. The molecule has 2 N–H and O–H groups in total. The fourth-order valence-electron chi connectivity index (χ4n) is 3.41. The molecule has 0 fully saturated rings. The number of anilines is 1. The number of carbonyl (C=O) groups excluding carboxylic acids is 2. The van der Waals surface area contributed by atoms with Gasteiger partial charge < -0.3 is 15.1 Å². The quantitative estimate of drug-likeness (QED) is 0.358. The van der Waals surface area contributed by atoms with E-state index in [2.05, 4.69) is 20.8 Å². The molecule has 0 aliphatic carbocycles. The molecule has 0 saturated carbocycles. The number of hydrogen-bond donors (Lipinski definition) is 2. The second kappa shape index (κ2) is 10.4. The SMILES string of the molecule is Cc1occc1-c1nnc(SCC(=O)Nc2ccccc2C(=O)NC(C)C)n1-c1ccccc1. The molecule has 2 amide bonds. The van der Waals surface area contributed by atoms with E-state index in [1.54, 1.807) is 30.5 Å². The van der Waals surface area contributed by atoms with E-state index in [1.807, 2.05) is 61.7 Å². The van der Waals surface area contributed by atoms with Crippen molar-refractivity contribution in [2.75, 3.05) is 11.1 Å². The van der Waals surface area contributed by atoms with Gasteiger partial charge in [0.05, 0.1) is 28.8 Å². The Kier molecular flexibility index (Phi) is 7.12. The minimum absolute atomic E-state index is 0.00998. The van der Waals surface area contributed by atoms with Gasteiger partial charge in [0.2, 0.25) is 5.91 Å². The highest BCUT2D eigenvalue weighted by atomic mass is 32.2. The molecule has 4 rings (SSSR count). The molecular weight excluding hydrogens is 450 g/mol. The molecule has 9 heteroatoms. The number of rotatable bonds is 8. The fraction of sp³-hybridized carbons (Fsp3) is 0.200. The molecule has 0 unspecified atom stereocenters. The maximum atomic E-state index is 12.8. The largest absolute Gasteiger partial charge is 0.469 e. The lowest BCUT2D eigenvalue weighted by Gasteiger charge is -2.13. The lowest BCUT2D eigenvalue weighted by Crippen LogP contribution is -2.31. The van der Waals surface area contributed by atoms with Gasteiger partial charge in [-0.15, -0.1) is 10.2 Å². The zero-order valence-corrected chi connectivity index (χ0v) is 19.9. The van der Waals surface area contributed by atoms with Crippen LogP contribution >= 0.6 is 11.8 Å². The van der Waals surface area contributed by atoms with Crippen LogP contribution in [0.15, 0.2) is 76.5 Å². The van der Waals surface area contributed by atoms with Crippen molar-refractivity contribution in [3.63, 3.8) is 0 Å². The van der Waals surface area contributed by atoms with Gasteiger partial charge in [0.25, 0.3) is 5.91 Å². The fourth-order valence-corrected chi connectivity index (χ4v) is 4.16. The average Bonchev–Trinajstić information content (AvgIpc) is 3.43. The second-order valence-corrected chi connectivity index (χ2v) is 8.82. The van der Waals surface area contributed by atoms with Gasteiger partial charge in [-0.3, -0.25) is 14.2 Å². The van der Waals surface area contributed by atoms with Crippen molar-refractivity contribution in [3.8, 4) is 17.1 Å². The first-order valence-electron chi connectivity index (χ1n) is 10.8. The Hall–Kier alpha value is -3.85. The molecule has 34 heavy (non-hydrogen) atoms. The molecule has 8 nitrogen and oxygen atoms in total. The molecule has 2 aromatic heterocycles. The number of aromatic nitrogens is 3. The van der Waals surface area contributed by atoms with Crippen molar-refractivity contribution in [3.05, 3.63) is 78.3 Å². The molecule has 4 aromatic rings. The number of hydrogen-bond acceptors (Lipinski definition) is 6. The van der Waals surface area contributed by atoms with Gasteiger partial charge in [0.15, 0.2) is 11.0 Å². The first kappa shape index (κ1) is 23.3. The molecule has 0 aliphatic heterocycles. The molecule has 0 radical (unpaired) electrons. The third kappa shape index (κ3) is 5.20. The van der Waals surface area contributed by atoms with Crippen LogP contribution in [0, 0.1) is 6.92 Å². The average molecular weight is 476 g/mol. The first-order valence-corrected chi connectivity index (χ1v) is 11.8. The van der Waals surface area contributed by atoms with Crippen LogP contribution in [0.5, 0.6) is 0 Å². The minimum atomic E-state index is -0.251. The molecule has 0 atom stereocenters. The topological polar surface area (TPSA) is 102 Å². The van der Waals surface area contributed by atoms with E-state index < -0.39 is 0 Å². The zero-order valence-electron chi connectivity index (χ0n) is 19.1. The van der Waals surface area contributed by atoms with Crippen LogP contribution in [0.4, 0.5) is 5.69 Å². The zero-order chi connectivity index (χ0) is 24.1. The number of furan rings is 1. The van der Waals surface area contributed by atoms with Crippen molar-refractivity contribution in [2.45, 2.75) is 32.0 Å². The van der Waals surface area contributed by atoms with Crippen LogP contribution in [-0.4, -0.2) is 38.4 Å². The molecule has 0 spiro atoms. The molecule has 0 bridgehead atoms. The summed E-state index contributed by atoms with van der Waals surface area (Å²) in [7, 11) is 0. The van der Waals surface area contributed by atoms with Gasteiger partial charge >= 0.3 is 0 Å². The highest BCUT2D eigenvalue weighted by Crippen LogP contribution is 2.30. The van der Waals surface area contributed by atoms with Crippen LogP contribution in [-0.2, 0) is 4.79 Å². The van der Waals surface area contributed by atoms with Gasteiger partial charge in [-0.2, -0.15) is 0 Å². The summed E-state index contributed by atoms with van der Waals surface area (Å²) in [5.41, 5.74) is 2.59. The lowest BCUT2D eigenvalue weighted by atomic mass is 10.1. The Morgan fingerprint density at radius 3 is 2.47 bits per heavy atom. The van der Waals surface area contributed by atoms with Crippen LogP contribution < -0.4 is 10.6 Å². The molecule has 0 aliphatic rings. The summed E-state index contributed by atoms with van der Waals surface area (Å²) < 4.78 is 7.36. The highest BCUT2D eigenvalue weighted by Gasteiger charge is 2.20. The van der Waals surface area contributed by atoms with E-state index in [0.717, 1.165) is 17.0 Å². The first-order chi connectivity index (χ1) is 16.4. The Morgan fingerprint density at radius 2 is 1.76 bits per heavy atom. The van der Waals surface area contributed by atoms with Crippen molar-refractivity contribution in [1.29, 1.82) is 0 Å². The number of aryl methyl sites for hydroxylation is 1. The second-order valence-electron chi connectivity index (χ2n) is 7.88. The summed E-state index contributed by atoms with van der Waals surface area (Å²) in [6.07, 6.45) is 1.61. The van der Waals surface area contributed by atoms with Gasteiger partial charge in [0, 0.05) is 11.7 Å². The normalized spacial score (nSPS) is 10.9. The van der Waals surface area contributed by atoms with Crippen molar-refractivity contribution in [2.24, 2.45) is 0 Å². The molecule has 2 aromatic carbocycles. The van der Waals surface area contributed by atoms with Crippen LogP contribution in [0.2, 0.25) is 0 Å². The van der Waals surface area contributed by atoms with Gasteiger partial charge in [-0.1, -0.05) is 42.1 Å². The van der Waals surface area contributed by atoms with Crippen LogP contribution in [0.1, 0.15) is 30.0 Å². The predicted molar refractivity (Wildman–Crippen MR) is 132 cm³/mol. The van der Waals surface area contributed by atoms with E-state index in [0.29, 0.717) is 22.2 Å². The van der Waals surface area contributed by atoms with E-state index in [1.165, 1.54) is 11.8 Å². The summed E-state index contributed by atoms with van der Waals surface area (Å²) >= 11 is 1.26. The number of amides is 2.